The van der Waals surface area contributed by atoms with Gasteiger partial charge in [0.25, 0.3) is 0 Å². The minimum Gasteiger partial charge on any atom is -0.488 e. The Balaban J connectivity index is 2.11. The SMILES string of the molecule is OC1CCCC1Oc1cccc(C(F)(F)F)c1. The van der Waals surface area contributed by atoms with E-state index in [1.807, 2.05) is 0 Å². The molecule has 1 aromatic rings. The Kier molecular flexibility index (Phi) is 3.28. The summed E-state index contributed by atoms with van der Waals surface area (Å²) in [6.07, 6.45) is -3.18. The highest BCUT2D eigenvalue weighted by Crippen LogP contribution is 2.32. The molecule has 0 aromatic heterocycles. The molecule has 0 spiro atoms. The molecule has 1 fully saturated rings. The minimum atomic E-state index is -4.37. The van der Waals surface area contributed by atoms with Crippen molar-refractivity contribution in [3.63, 3.8) is 0 Å². The van der Waals surface area contributed by atoms with Gasteiger partial charge in [0, 0.05) is 0 Å². The second-order valence-electron chi connectivity index (χ2n) is 4.18. The summed E-state index contributed by atoms with van der Waals surface area (Å²) in [7, 11) is 0. The van der Waals surface area contributed by atoms with Crippen molar-refractivity contribution < 1.29 is 23.0 Å². The molecule has 1 aliphatic carbocycles. The van der Waals surface area contributed by atoms with Crippen molar-refractivity contribution in [3.8, 4) is 5.75 Å². The summed E-state index contributed by atoms with van der Waals surface area (Å²) in [4.78, 5) is 0. The van der Waals surface area contributed by atoms with Crippen LogP contribution < -0.4 is 4.74 Å². The van der Waals surface area contributed by atoms with Crippen LogP contribution in [-0.4, -0.2) is 17.3 Å². The lowest BCUT2D eigenvalue weighted by Gasteiger charge is -2.18. The number of hydrogen-bond acceptors (Lipinski definition) is 2. The molecule has 0 aliphatic heterocycles. The van der Waals surface area contributed by atoms with Gasteiger partial charge in [0.1, 0.15) is 11.9 Å². The highest BCUT2D eigenvalue weighted by Gasteiger charge is 2.31. The van der Waals surface area contributed by atoms with Gasteiger partial charge >= 0.3 is 6.18 Å². The van der Waals surface area contributed by atoms with Gasteiger partial charge in [-0.05, 0) is 37.5 Å². The number of alkyl halides is 3. The summed E-state index contributed by atoms with van der Waals surface area (Å²) < 4.78 is 42.7. The van der Waals surface area contributed by atoms with Crippen LogP contribution in [0.2, 0.25) is 0 Å². The van der Waals surface area contributed by atoms with E-state index in [0.717, 1.165) is 18.6 Å². The van der Waals surface area contributed by atoms with Gasteiger partial charge in [0.2, 0.25) is 0 Å². The van der Waals surface area contributed by atoms with Crippen molar-refractivity contribution in [2.75, 3.05) is 0 Å². The molecule has 2 rings (SSSR count). The van der Waals surface area contributed by atoms with Gasteiger partial charge in [0.15, 0.2) is 0 Å². The monoisotopic (exact) mass is 246 g/mol. The molecule has 2 unspecified atom stereocenters. The zero-order valence-electron chi connectivity index (χ0n) is 9.07. The van der Waals surface area contributed by atoms with E-state index in [0.29, 0.717) is 12.8 Å². The van der Waals surface area contributed by atoms with Gasteiger partial charge in [-0.15, -0.1) is 0 Å². The van der Waals surface area contributed by atoms with Crippen LogP contribution in [0.3, 0.4) is 0 Å². The van der Waals surface area contributed by atoms with Crippen molar-refractivity contribution >= 4 is 0 Å². The van der Waals surface area contributed by atoms with Crippen molar-refractivity contribution in [2.45, 2.75) is 37.6 Å². The van der Waals surface area contributed by atoms with E-state index >= 15 is 0 Å². The van der Waals surface area contributed by atoms with Crippen molar-refractivity contribution in [2.24, 2.45) is 0 Å². The average molecular weight is 246 g/mol. The number of ether oxygens (including phenoxy) is 1. The summed E-state index contributed by atoms with van der Waals surface area (Å²) in [5.74, 6) is 0.158. The smallest absolute Gasteiger partial charge is 0.416 e. The first-order chi connectivity index (χ1) is 7.97. The van der Waals surface area contributed by atoms with E-state index in [-0.39, 0.29) is 5.75 Å². The van der Waals surface area contributed by atoms with Crippen molar-refractivity contribution in [3.05, 3.63) is 29.8 Å². The standard InChI is InChI=1S/C12H13F3O2/c13-12(14,15)8-3-1-4-9(7-8)17-11-6-2-5-10(11)16/h1,3-4,7,10-11,16H,2,5-6H2. The topological polar surface area (TPSA) is 29.5 Å². The zero-order valence-corrected chi connectivity index (χ0v) is 9.07. The Morgan fingerprint density at radius 3 is 2.59 bits per heavy atom. The molecule has 1 saturated carbocycles. The number of aliphatic hydroxyl groups excluding tert-OH is 1. The van der Waals surface area contributed by atoms with Crippen LogP contribution in [0, 0.1) is 0 Å². The van der Waals surface area contributed by atoms with Crippen molar-refractivity contribution in [1.29, 1.82) is 0 Å². The third kappa shape index (κ3) is 2.91. The Labute approximate surface area is 97.0 Å². The maximum absolute atomic E-state index is 12.5. The van der Waals surface area contributed by atoms with E-state index < -0.39 is 23.9 Å². The molecule has 17 heavy (non-hydrogen) atoms. The molecular weight excluding hydrogens is 233 g/mol. The predicted molar refractivity (Wildman–Crippen MR) is 55.7 cm³/mol. The number of benzene rings is 1. The fourth-order valence-corrected chi connectivity index (χ4v) is 1.96. The Morgan fingerprint density at radius 2 is 2.00 bits per heavy atom. The number of hydrogen-bond donors (Lipinski definition) is 1. The largest absolute Gasteiger partial charge is 0.488 e. The Morgan fingerprint density at radius 1 is 1.24 bits per heavy atom. The highest BCUT2D eigenvalue weighted by molar-refractivity contribution is 5.30. The third-order valence-corrected chi connectivity index (χ3v) is 2.87. The van der Waals surface area contributed by atoms with Gasteiger partial charge in [-0.1, -0.05) is 6.07 Å². The lowest BCUT2D eigenvalue weighted by atomic mass is 10.2. The molecule has 0 saturated heterocycles. The molecule has 0 bridgehead atoms. The molecule has 1 aromatic carbocycles. The molecule has 5 heteroatoms. The maximum atomic E-state index is 12.5. The van der Waals surface area contributed by atoms with Crippen LogP contribution in [-0.2, 0) is 6.18 Å². The molecule has 2 atom stereocenters. The van der Waals surface area contributed by atoms with Crippen LogP contribution in [0.15, 0.2) is 24.3 Å². The first kappa shape index (κ1) is 12.2. The maximum Gasteiger partial charge on any atom is 0.416 e. The minimum absolute atomic E-state index is 0.158. The quantitative estimate of drug-likeness (QED) is 0.869. The summed E-state index contributed by atoms with van der Waals surface area (Å²) in [6.45, 7) is 0. The summed E-state index contributed by atoms with van der Waals surface area (Å²) in [5.41, 5.74) is -0.734. The van der Waals surface area contributed by atoms with Gasteiger partial charge in [-0.25, -0.2) is 0 Å². The summed E-state index contributed by atoms with van der Waals surface area (Å²) in [6, 6.07) is 4.74. The van der Waals surface area contributed by atoms with E-state index in [1.54, 1.807) is 0 Å². The summed E-state index contributed by atoms with van der Waals surface area (Å²) in [5, 5.41) is 9.53. The molecule has 94 valence electrons. The van der Waals surface area contributed by atoms with Gasteiger partial charge in [0.05, 0.1) is 11.7 Å². The molecule has 2 nitrogen and oxygen atoms in total. The number of aliphatic hydroxyl groups is 1. The first-order valence-corrected chi connectivity index (χ1v) is 5.49. The number of rotatable bonds is 2. The average Bonchev–Trinajstić information content (AvgIpc) is 2.64. The van der Waals surface area contributed by atoms with E-state index in [2.05, 4.69) is 0 Å². The molecular formula is C12H13F3O2. The normalized spacial score (nSPS) is 24.9. The predicted octanol–water partition coefficient (Wildman–Crippen LogP) is 3.00. The lowest BCUT2D eigenvalue weighted by Crippen LogP contribution is -2.25. The van der Waals surface area contributed by atoms with Gasteiger partial charge in [-0.3, -0.25) is 0 Å². The third-order valence-electron chi connectivity index (χ3n) is 2.87. The fraction of sp³-hybridized carbons (Fsp3) is 0.500. The van der Waals surface area contributed by atoms with Crippen molar-refractivity contribution in [1.82, 2.24) is 0 Å². The van der Waals surface area contributed by atoms with Crippen LogP contribution in [0.1, 0.15) is 24.8 Å². The van der Waals surface area contributed by atoms with Gasteiger partial charge in [-0.2, -0.15) is 13.2 Å². The molecule has 1 aliphatic rings. The number of halogens is 3. The second kappa shape index (κ2) is 4.56. The van der Waals surface area contributed by atoms with Crippen LogP contribution in [0.5, 0.6) is 5.75 Å². The Bertz CT molecular complexity index is 390. The molecule has 0 heterocycles. The van der Waals surface area contributed by atoms with Crippen LogP contribution in [0.4, 0.5) is 13.2 Å². The Hall–Kier alpha value is -1.23. The van der Waals surface area contributed by atoms with E-state index in [4.69, 9.17) is 4.74 Å². The van der Waals surface area contributed by atoms with Crippen LogP contribution >= 0.6 is 0 Å². The first-order valence-electron chi connectivity index (χ1n) is 5.49. The van der Waals surface area contributed by atoms with E-state index in [9.17, 15) is 18.3 Å². The molecule has 0 amide bonds. The fourth-order valence-electron chi connectivity index (χ4n) is 1.96. The molecule has 0 radical (unpaired) electrons. The summed E-state index contributed by atoms with van der Waals surface area (Å²) >= 11 is 0. The lowest BCUT2D eigenvalue weighted by molar-refractivity contribution is -0.137. The van der Waals surface area contributed by atoms with E-state index in [1.165, 1.54) is 12.1 Å². The second-order valence-corrected chi connectivity index (χ2v) is 4.18. The zero-order chi connectivity index (χ0) is 12.5. The van der Waals surface area contributed by atoms with Gasteiger partial charge < -0.3 is 9.84 Å². The van der Waals surface area contributed by atoms with Crippen LogP contribution in [0.25, 0.3) is 0 Å². The highest BCUT2D eigenvalue weighted by atomic mass is 19.4. The molecule has 1 N–H and O–H groups in total.